The van der Waals surface area contributed by atoms with Gasteiger partial charge in [-0.2, -0.15) is 0 Å². The molecule has 0 rings (SSSR count). The Morgan fingerprint density at radius 1 is 0.500 bits per heavy atom. The van der Waals surface area contributed by atoms with Crippen molar-refractivity contribution in [2.45, 2.75) is 227 Å². The van der Waals surface area contributed by atoms with E-state index in [1.165, 1.54) is 141 Å². The molecule has 0 fully saturated rings. The lowest BCUT2D eigenvalue weighted by molar-refractivity contribution is -0.165. The first-order chi connectivity index (χ1) is 23.2. The molecule has 0 saturated heterocycles. The third-order valence-corrected chi connectivity index (χ3v) is 9.52. The van der Waals surface area contributed by atoms with Crippen molar-refractivity contribution in [2.24, 2.45) is 11.3 Å². The van der Waals surface area contributed by atoms with Crippen LogP contribution in [-0.2, 0) is 19.1 Å². The summed E-state index contributed by atoms with van der Waals surface area (Å²) in [5.41, 5.74) is -0.426. The van der Waals surface area contributed by atoms with Crippen molar-refractivity contribution >= 4 is 11.9 Å². The Morgan fingerprint density at radius 3 is 1.21 bits per heavy atom. The monoisotopic (exact) mass is 675 g/mol. The Bertz CT molecular complexity index is 781. The molecule has 0 saturated carbocycles. The molecule has 0 amide bonds. The predicted octanol–water partition coefficient (Wildman–Crippen LogP) is 14.2. The Kier molecular flexibility index (Phi) is 32.8. The topological polar surface area (TPSA) is 52.6 Å². The molecule has 48 heavy (non-hydrogen) atoms. The maximum atomic E-state index is 12.7. The molecule has 0 N–H and O–H groups in total. The third kappa shape index (κ3) is 30.5. The first-order valence-electron chi connectivity index (χ1n) is 20.9. The van der Waals surface area contributed by atoms with E-state index in [0.717, 1.165) is 25.7 Å². The number of esters is 2. The summed E-state index contributed by atoms with van der Waals surface area (Å²) in [6.07, 6.45) is 42.4. The third-order valence-electron chi connectivity index (χ3n) is 9.52. The number of carbonyl (C=O) groups is 2. The van der Waals surface area contributed by atoms with E-state index in [2.05, 4.69) is 52.0 Å². The van der Waals surface area contributed by atoms with Crippen LogP contribution in [0.2, 0.25) is 0 Å². The number of ether oxygens (including phenoxy) is 2. The second-order valence-corrected chi connectivity index (χ2v) is 15.5. The molecular formula is C44H82O4. The van der Waals surface area contributed by atoms with E-state index in [4.69, 9.17) is 9.47 Å². The zero-order chi connectivity index (χ0) is 35.6. The molecule has 0 spiro atoms. The maximum absolute atomic E-state index is 12.7. The minimum atomic E-state index is -0.426. The van der Waals surface area contributed by atoms with E-state index in [-0.39, 0.29) is 30.6 Å². The van der Waals surface area contributed by atoms with Crippen molar-refractivity contribution in [1.29, 1.82) is 0 Å². The predicted molar refractivity (Wildman–Crippen MR) is 208 cm³/mol. The van der Waals surface area contributed by atoms with Gasteiger partial charge in [0, 0.05) is 18.3 Å². The van der Waals surface area contributed by atoms with Gasteiger partial charge in [-0.25, -0.2) is 0 Å². The van der Waals surface area contributed by atoms with Crippen LogP contribution in [0, 0.1) is 11.3 Å². The lowest BCUT2D eigenvalue weighted by Gasteiger charge is -2.36. The lowest BCUT2D eigenvalue weighted by Crippen LogP contribution is -2.41. The molecule has 0 bridgehead atoms. The summed E-state index contributed by atoms with van der Waals surface area (Å²) < 4.78 is 11.7. The zero-order valence-corrected chi connectivity index (χ0v) is 33.1. The number of hydrogen-bond donors (Lipinski definition) is 0. The molecular weight excluding hydrogens is 592 g/mol. The minimum Gasteiger partial charge on any atom is -0.465 e. The largest absolute Gasteiger partial charge is 0.465 e. The van der Waals surface area contributed by atoms with E-state index in [9.17, 15) is 9.59 Å². The summed E-state index contributed by atoms with van der Waals surface area (Å²) in [4.78, 5) is 25.2. The van der Waals surface area contributed by atoms with Crippen LogP contribution >= 0.6 is 0 Å². The second kappa shape index (κ2) is 33.9. The van der Waals surface area contributed by atoms with E-state index in [0.29, 0.717) is 12.8 Å². The number of rotatable bonds is 35. The van der Waals surface area contributed by atoms with Crippen molar-refractivity contribution in [2.75, 3.05) is 6.61 Å². The second-order valence-electron chi connectivity index (χ2n) is 15.5. The number of unbranched alkanes of at least 4 members (excludes halogenated alkanes) is 22. The molecule has 1 unspecified atom stereocenters. The summed E-state index contributed by atoms with van der Waals surface area (Å²) in [7, 11) is 0. The summed E-state index contributed by atoms with van der Waals surface area (Å²) in [5.74, 6) is -0.107. The van der Waals surface area contributed by atoms with Gasteiger partial charge in [0.05, 0.1) is 6.61 Å². The van der Waals surface area contributed by atoms with Crippen molar-refractivity contribution in [3.63, 3.8) is 0 Å². The van der Waals surface area contributed by atoms with Gasteiger partial charge in [-0.3, -0.25) is 9.59 Å². The Morgan fingerprint density at radius 2 is 0.833 bits per heavy atom. The van der Waals surface area contributed by atoms with Gasteiger partial charge in [0.25, 0.3) is 0 Å². The highest BCUT2D eigenvalue weighted by atomic mass is 16.6. The SMILES string of the molecule is CCCCCCCC/C=C\CCCCCCCC(=O)OCC(C)(C)C(OC(=O)CCCCCCC/C=C\CCCCCCCC)C(C)C. The quantitative estimate of drug-likeness (QED) is 0.0381. The summed E-state index contributed by atoms with van der Waals surface area (Å²) in [6.45, 7) is 13.1. The summed E-state index contributed by atoms with van der Waals surface area (Å²) in [6, 6.07) is 0. The molecule has 0 heterocycles. The Balaban J connectivity index is 3.94. The van der Waals surface area contributed by atoms with Gasteiger partial charge in [-0.05, 0) is 70.1 Å². The van der Waals surface area contributed by atoms with Crippen molar-refractivity contribution in [3.05, 3.63) is 24.3 Å². The first-order valence-corrected chi connectivity index (χ1v) is 20.9. The molecule has 1 atom stereocenters. The smallest absolute Gasteiger partial charge is 0.306 e. The highest BCUT2D eigenvalue weighted by Gasteiger charge is 2.36. The van der Waals surface area contributed by atoms with Crippen LogP contribution in [0.4, 0.5) is 0 Å². The van der Waals surface area contributed by atoms with Crippen LogP contribution in [0.1, 0.15) is 221 Å². The molecule has 4 heteroatoms. The van der Waals surface area contributed by atoms with Gasteiger partial charge in [0.1, 0.15) is 6.10 Å². The van der Waals surface area contributed by atoms with E-state index in [1.54, 1.807) is 0 Å². The molecule has 0 aliphatic heterocycles. The number of carbonyl (C=O) groups excluding carboxylic acids is 2. The first kappa shape index (κ1) is 46.4. The van der Waals surface area contributed by atoms with Crippen LogP contribution in [0.3, 0.4) is 0 Å². The van der Waals surface area contributed by atoms with Crippen LogP contribution in [0.15, 0.2) is 24.3 Å². The fourth-order valence-corrected chi connectivity index (χ4v) is 6.50. The number of allylic oxidation sites excluding steroid dienone is 4. The Hall–Kier alpha value is -1.58. The van der Waals surface area contributed by atoms with E-state index < -0.39 is 5.41 Å². The van der Waals surface area contributed by atoms with Crippen LogP contribution in [-0.4, -0.2) is 24.6 Å². The standard InChI is InChI=1S/C44H82O4/c1-7-9-11-13-15-17-19-21-23-25-27-29-31-33-35-37-41(45)47-39-44(5,6)43(40(3)4)48-42(46)38-36-34-32-30-28-26-24-22-20-18-16-14-12-10-8-2/h21-24,40,43H,7-20,25-39H2,1-6H3/b23-21-,24-22-. The summed E-state index contributed by atoms with van der Waals surface area (Å²) in [5, 5.41) is 0. The molecule has 0 aromatic heterocycles. The van der Waals surface area contributed by atoms with Crippen LogP contribution in [0.25, 0.3) is 0 Å². The van der Waals surface area contributed by atoms with Gasteiger partial charge < -0.3 is 9.47 Å². The van der Waals surface area contributed by atoms with Crippen LogP contribution < -0.4 is 0 Å². The van der Waals surface area contributed by atoms with Gasteiger partial charge in [0.2, 0.25) is 0 Å². The van der Waals surface area contributed by atoms with Gasteiger partial charge in [-0.15, -0.1) is 0 Å². The zero-order valence-electron chi connectivity index (χ0n) is 33.1. The molecule has 4 nitrogen and oxygen atoms in total. The fraction of sp³-hybridized carbons (Fsp3) is 0.864. The van der Waals surface area contributed by atoms with Crippen molar-refractivity contribution < 1.29 is 19.1 Å². The van der Waals surface area contributed by atoms with Crippen LogP contribution in [0.5, 0.6) is 0 Å². The fourth-order valence-electron chi connectivity index (χ4n) is 6.50. The van der Waals surface area contributed by atoms with E-state index >= 15 is 0 Å². The Labute approximate surface area is 300 Å². The highest BCUT2D eigenvalue weighted by molar-refractivity contribution is 5.70. The normalized spacial score (nSPS) is 12.8. The molecule has 282 valence electrons. The molecule has 0 aromatic rings. The number of hydrogen-bond acceptors (Lipinski definition) is 4. The maximum Gasteiger partial charge on any atom is 0.306 e. The average Bonchev–Trinajstić information content (AvgIpc) is 3.06. The lowest BCUT2D eigenvalue weighted by atomic mass is 9.81. The van der Waals surface area contributed by atoms with Crippen molar-refractivity contribution in [3.8, 4) is 0 Å². The minimum absolute atomic E-state index is 0.126. The van der Waals surface area contributed by atoms with Gasteiger partial charge in [-0.1, -0.05) is 169 Å². The average molecular weight is 675 g/mol. The van der Waals surface area contributed by atoms with E-state index in [1.807, 2.05) is 13.8 Å². The molecule has 0 radical (unpaired) electrons. The van der Waals surface area contributed by atoms with Gasteiger partial charge >= 0.3 is 11.9 Å². The molecule has 0 aliphatic carbocycles. The molecule has 0 aromatic carbocycles. The molecule has 0 aliphatic rings. The summed E-state index contributed by atoms with van der Waals surface area (Å²) >= 11 is 0. The van der Waals surface area contributed by atoms with Crippen molar-refractivity contribution in [1.82, 2.24) is 0 Å². The van der Waals surface area contributed by atoms with Gasteiger partial charge in [0.15, 0.2) is 0 Å². The highest BCUT2D eigenvalue weighted by Crippen LogP contribution is 2.30.